The quantitative estimate of drug-likeness (QED) is 0.201. The lowest BCUT2D eigenvalue weighted by molar-refractivity contribution is -0.137. The van der Waals surface area contributed by atoms with Crippen LogP contribution < -0.4 is 14.8 Å². The number of likely N-dealkylation sites (tertiary alicyclic amines) is 1. The maximum Gasteiger partial charge on any atom is 0.303 e. The number of anilines is 1. The lowest BCUT2D eigenvalue weighted by atomic mass is 9.98. The van der Waals surface area contributed by atoms with Gasteiger partial charge in [0.25, 0.3) is 10.0 Å². The summed E-state index contributed by atoms with van der Waals surface area (Å²) in [6.45, 7) is 3.98. The van der Waals surface area contributed by atoms with E-state index in [-0.39, 0.29) is 28.8 Å². The maximum absolute atomic E-state index is 13.7. The summed E-state index contributed by atoms with van der Waals surface area (Å²) in [6.07, 6.45) is 3.32. The third-order valence-electron chi connectivity index (χ3n) is 6.42. The van der Waals surface area contributed by atoms with E-state index in [2.05, 4.69) is 0 Å². The average molecular weight is 551 g/mol. The predicted octanol–water partition coefficient (Wildman–Crippen LogP) is 4.47. The minimum Gasteiger partial charge on any atom is -0.493 e. The van der Waals surface area contributed by atoms with Crippen molar-refractivity contribution < 1.29 is 23.1 Å². The summed E-state index contributed by atoms with van der Waals surface area (Å²) in [6, 6.07) is 11.7. The smallest absolute Gasteiger partial charge is 0.303 e. The second-order valence-electron chi connectivity index (χ2n) is 9.34. The highest BCUT2D eigenvalue weighted by Gasteiger charge is 2.28. The molecule has 2 aromatic carbocycles. The van der Waals surface area contributed by atoms with Gasteiger partial charge >= 0.3 is 5.97 Å². The number of carbonyl (C=O) groups is 1. The Labute approximate surface area is 223 Å². The molecule has 0 radical (unpaired) electrons. The first-order valence-electron chi connectivity index (χ1n) is 12.4. The van der Waals surface area contributed by atoms with E-state index < -0.39 is 16.0 Å². The Hall–Kier alpha value is -2.98. The summed E-state index contributed by atoms with van der Waals surface area (Å²) in [5, 5.41) is 16.6. The summed E-state index contributed by atoms with van der Waals surface area (Å²) >= 11 is 6.27. The van der Waals surface area contributed by atoms with Crippen LogP contribution in [0.25, 0.3) is 0 Å². The minimum absolute atomic E-state index is 0.0170. The van der Waals surface area contributed by atoms with Crippen molar-refractivity contribution in [1.82, 2.24) is 4.90 Å². The molecule has 0 amide bonds. The number of nitrogens with one attached hydrogen (secondary N) is 1. The maximum atomic E-state index is 13.7. The Morgan fingerprint density at radius 2 is 1.89 bits per heavy atom. The molecule has 1 aliphatic heterocycles. The molecule has 0 atom stereocenters. The number of aliphatic carboxylic acids is 1. The van der Waals surface area contributed by atoms with Crippen LogP contribution in [0.4, 0.5) is 5.69 Å². The normalized spacial score (nSPS) is 14.4. The number of benzene rings is 2. The number of guanidine groups is 1. The van der Waals surface area contributed by atoms with Crippen LogP contribution in [-0.4, -0.2) is 56.6 Å². The molecule has 1 heterocycles. The molecule has 1 aliphatic rings. The summed E-state index contributed by atoms with van der Waals surface area (Å²) in [5.74, 6) is 0.115. The fraction of sp³-hybridized carbons (Fsp3) is 0.462. The summed E-state index contributed by atoms with van der Waals surface area (Å²) in [5.41, 5.74) is 6.90. The van der Waals surface area contributed by atoms with Gasteiger partial charge in [-0.05, 0) is 68.4 Å². The Balaban J connectivity index is 1.80. The van der Waals surface area contributed by atoms with E-state index in [0.29, 0.717) is 56.3 Å². The number of hydrogen-bond donors (Lipinski definition) is 3. The van der Waals surface area contributed by atoms with Gasteiger partial charge in [0.15, 0.2) is 5.96 Å². The number of nitrogens with two attached hydrogens (primary N) is 1. The van der Waals surface area contributed by atoms with Gasteiger partial charge in [-0.25, -0.2) is 8.42 Å². The van der Waals surface area contributed by atoms with Crippen LogP contribution >= 0.6 is 11.6 Å². The van der Waals surface area contributed by atoms with E-state index in [9.17, 15) is 13.2 Å². The Kier molecular flexibility index (Phi) is 10.0. The van der Waals surface area contributed by atoms with E-state index in [0.717, 1.165) is 18.4 Å². The Morgan fingerprint density at radius 1 is 1.19 bits per heavy atom. The third kappa shape index (κ3) is 8.00. The van der Waals surface area contributed by atoms with Gasteiger partial charge in [0.2, 0.25) is 0 Å². The van der Waals surface area contributed by atoms with Gasteiger partial charge in [0.1, 0.15) is 10.6 Å². The van der Waals surface area contributed by atoms with Gasteiger partial charge in [0, 0.05) is 32.1 Å². The lowest BCUT2D eigenvalue weighted by Gasteiger charge is -2.32. The highest BCUT2D eigenvalue weighted by Crippen LogP contribution is 2.32. The highest BCUT2D eigenvalue weighted by atomic mass is 35.5. The summed E-state index contributed by atoms with van der Waals surface area (Å²) in [7, 11) is -3.98. The zero-order valence-corrected chi connectivity index (χ0v) is 22.6. The van der Waals surface area contributed by atoms with Crippen molar-refractivity contribution in [2.75, 3.05) is 30.5 Å². The van der Waals surface area contributed by atoms with Crippen molar-refractivity contribution in [3.63, 3.8) is 0 Å². The predicted molar refractivity (Wildman–Crippen MR) is 145 cm³/mol. The number of rotatable bonds is 12. The molecule has 1 fully saturated rings. The molecule has 0 spiro atoms. The number of aryl methyl sites for hydroxylation is 1. The van der Waals surface area contributed by atoms with Crippen molar-refractivity contribution in [3.05, 3.63) is 53.1 Å². The zero-order valence-electron chi connectivity index (χ0n) is 21.0. The second-order valence-corrected chi connectivity index (χ2v) is 11.6. The molecule has 4 N–H and O–H groups in total. The molecule has 0 bridgehead atoms. The molecule has 0 aliphatic carbocycles. The molecular formula is C26H35ClN4O5S. The number of hydrogen-bond acceptors (Lipinski definition) is 5. The van der Waals surface area contributed by atoms with Crippen molar-refractivity contribution in [3.8, 4) is 5.75 Å². The van der Waals surface area contributed by atoms with Crippen LogP contribution in [0.15, 0.2) is 47.4 Å². The monoisotopic (exact) mass is 550 g/mol. The molecule has 202 valence electrons. The molecule has 1 saturated heterocycles. The Bertz CT molecular complexity index is 1200. The van der Waals surface area contributed by atoms with Gasteiger partial charge in [-0.15, -0.1) is 0 Å². The molecule has 11 heteroatoms. The largest absolute Gasteiger partial charge is 0.493 e. The van der Waals surface area contributed by atoms with E-state index in [4.69, 9.17) is 32.6 Å². The van der Waals surface area contributed by atoms with Crippen molar-refractivity contribution in [2.24, 2.45) is 11.7 Å². The minimum atomic E-state index is -3.98. The molecule has 0 saturated carbocycles. The first-order valence-corrected chi connectivity index (χ1v) is 14.2. The van der Waals surface area contributed by atoms with Gasteiger partial charge < -0.3 is 20.5 Å². The second kappa shape index (κ2) is 13.0. The van der Waals surface area contributed by atoms with Crippen molar-refractivity contribution in [2.45, 2.75) is 50.3 Å². The third-order valence-corrected chi connectivity index (χ3v) is 8.75. The molecular weight excluding hydrogens is 516 g/mol. The van der Waals surface area contributed by atoms with E-state index in [1.807, 2.05) is 17.9 Å². The van der Waals surface area contributed by atoms with Crippen LogP contribution in [-0.2, 0) is 14.8 Å². The summed E-state index contributed by atoms with van der Waals surface area (Å²) < 4.78 is 34.9. The molecule has 3 rings (SSSR count). The average Bonchev–Trinajstić information content (AvgIpc) is 2.84. The molecule has 0 aromatic heterocycles. The number of halogens is 1. The highest BCUT2D eigenvalue weighted by molar-refractivity contribution is 7.93. The SMILES string of the molecule is Cc1cc(OCC2CCN(C(=N)N)CC2)cc(N(CCCCCC(=O)O)S(=O)(=O)c2ccccc2Cl)c1. The van der Waals surface area contributed by atoms with Gasteiger partial charge in [-0.3, -0.25) is 14.5 Å². The number of unbranched alkanes of at least 4 members (excludes halogenated alkanes) is 2. The lowest BCUT2D eigenvalue weighted by Crippen LogP contribution is -2.43. The molecule has 37 heavy (non-hydrogen) atoms. The molecule has 0 unspecified atom stereocenters. The van der Waals surface area contributed by atoms with Crippen LogP contribution in [0.3, 0.4) is 0 Å². The summed E-state index contributed by atoms with van der Waals surface area (Å²) in [4.78, 5) is 12.7. The number of carboxylic acids is 1. The molecule has 9 nitrogen and oxygen atoms in total. The van der Waals surface area contributed by atoms with Crippen LogP contribution in [0.5, 0.6) is 5.75 Å². The van der Waals surface area contributed by atoms with Crippen LogP contribution in [0, 0.1) is 18.3 Å². The Morgan fingerprint density at radius 3 is 2.54 bits per heavy atom. The number of nitrogens with zero attached hydrogens (tertiary/aromatic N) is 2. The number of carboxylic acid groups (broad SMARTS) is 1. The van der Waals surface area contributed by atoms with Crippen molar-refractivity contribution in [1.29, 1.82) is 5.41 Å². The van der Waals surface area contributed by atoms with Crippen LogP contribution in [0.2, 0.25) is 5.02 Å². The number of piperidine rings is 1. The first-order chi connectivity index (χ1) is 17.6. The number of ether oxygens (including phenoxy) is 1. The number of sulfonamides is 1. The van der Waals surface area contributed by atoms with Gasteiger partial charge in [0.05, 0.1) is 17.3 Å². The van der Waals surface area contributed by atoms with E-state index in [1.54, 1.807) is 30.3 Å². The van der Waals surface area contributed by atoms with E-state index in [1.165, 1.54) is 10.4 Å². The van der Waals surface area contributed by atoms with Crippen molar-refractivity contribution >= 4 is 39.2 Å². The van der Waals surface area contributed by atoms with Gasteiger partial charge in [-0.2, -0.15) is 0 Å². The topological polar surface area (TPSA) is 137 Å². The zero-order chi connectivity index (χ0) is 27.0. The fourth-order valence-electron chi connectivity index (χ4n) is 4.38. The van der Waals surface area contributed by atoms with Gasteiger partial charge in [-0.1, -0.05) is 30.2 Å². The van der Waals surface area contributed by atoms with E-state index >= 15 is 0 Å². The fourth-order valence-corrected chi connectivity index (χ4v) is 6.36. The van der Waals surface area contributed by atoms with Crippen LogP contribution in [0.1, 0.15) is 44.1 Å². The standard InChI is InChI=1S/C26H35ClN4O5S/c1-19-15-21(17-22(16-19)36-18-20-10-13-30(14-11-20)26(28)29)31(12-6-2-3-9-25(32)33)37(34,35)24-8-5-4-7-23(24)27/h4-5,7-8,15-17,20H,2-3,6,9-14,18H2,1H3,(H3,28,29)(H,32,33). The molecule has 2 aromatic rings. The first kappa shape index (κ1) is 28.6.